The number of hydrogen-bond donors (Lipinski definition) is 4. The maximum absolute atomic E-state index is 12.8. The molecule has 34 heavy (non-hydrogen) atoms. The van der Waals surface area contributed by atoms with Crippen molar-refractivity contribution in [3.63, 3.8) is 0 Å². The maximum atomic E-state index is 12.8. The van der Waals surface area contributed by atoms with Crippen molar-refractivity contribution in [3.8, 4) is 0 Å². The Morgan fingerprint density at radius 1 is 1.09 bits per heavy atom. The summed E-state index contributed by atoms with van der Waals surface area (Å²) in [5.74, 6) is 0.490. The van der Waals surface area contributed by atoms with Crippen LogP contribution in [0, 0.1) is 6.92 Å². The molecule has 0 aliphatic heterocycles. The predicted octanol–water partition coefficient (Wildman–Crippen LogP) is 4.33. The summed E-state index contributed by atoms with van der Waals surface area (Å²) in [5.41, 5.74) is 3.63. The van der Waals surface area contributed by atoms with Gasteiger partial charge < -0.3 is 25.4 Å². The third-order valence-corrected chi connectivity index (χ3v) is 6.95. The Hall–Kier alpha value is -2.90. The summed E-state index contributed by atoms with van der Waals surface area (Å²) in [6, 6.07) is 14.3. The number of benzene rings is 2. The number of amides is 1. The molecule has 4 rings (SSSR count). The number of aliphatic hydroxyl groups excluding tert-OH is 2. The van der Waals surface area contributed by atoms with Crippen molar-refractivity contribution < 1.29 is 15.0 Å². The fraction of sp³-hybridized carbons (Fsp3) is 0.481. The molecule has 0 bridgehead atoms. The maximum Gasteiger partial charge on any atom is 0.251 e. The van der Waals surface area contributed by atoms with E-state index >= 15 is 0 Å². The van der Waals surface area contributed by atoms with Crippen molar-refractivity contribution in [1.29, 1.82) is 0 Å². The lowest BCUT2D eigenvalue weighted by Crippen LogP contribution is -2.51. The van der Waals surface area contributed by atoms with Gasteiger partial charge in [0.1, 0.15) is 0 Å². The Balaban J connectivity index is 1.68. The lowest BCUT2D eigenvalue weighted by molar-refractivity contribution is 0.0724. The number of anilines is 1. The van der Waals surface area contributed by atoms with E-state index in [2.05, 4.69) is 40.3 Å². The number of fused-ring (bicyclic) bond motifs is 1. The van der Waals surface area contributed by atoms with E-state index in [9.17, 15) is 15.0 Å². The first-order chi connectivity index (χ1) is 16.4. The Labute approximate surface area is 201 Å². The second kappa shape index (κ2) is 10.6. The van der Waals surface area contributed by atoms with E-state index in [1.165, 1.54) is 36.8 Å². The number of carbonyl (C=O) groups excluding carboxylic acids is 1. The molecule has 1 aliphatic rings. The molecule has 1 amide bonds. The van der Waals surface area contributed by atoms with Gasteiger partial charge in [0.05, 0.1) is 29.8 Å². The average molecular weight is 465 g/mol. The highest BCUT2D eigenvalue weighted by atomic mass is 16.3. The van der Waals surface area contributed by atoms with E-state index in [4.69, 9.17) is 4.98 Å². The highest BCUT2D eigenvalue weighted by Gasteiger charge is 2.26. The molecular formula is C27H36N4O3. The van der Waals surface area contributed by atoms with Crippen molar-refractivity contribution in [3.05, 3.63) is 59.2 Å². The number of nitrogens with zero attached hydrogens (tertiary/aromatic N) is 2. The van der Waals surface area contributed by atoms with Crippen molar-refractivity contribution in [2.75, 3.05) is 18.5 Å². The Morgan fingerprint density at radius 3 is 2.47 bits per heavy atom. The van der Waals surface area contributed by atoms with E-state index < -0.39 is 5.54 Å². The summed E-state index contributed by atoms with van der Waals surface area (Å²) < 4.78 is 2.33. The third kappa shape index (κ3) is 5.26. The first kappa shape index (κ1) is 24.2. The van der Waals surface area contributed by atoms with Crippen LogP contribution in [-0.2, 0) is 6.54 Å². The van der Waals surface area contributed by atoms with Crippen LogP contribution in [0.25, 0.3) is 11.0 Å². The minimum absolute atomic E-state index is 0.342. The molecular weight excluding hydrogens is 428 g/mol. The molecule has 1 aliphatic carbocycles. The minimum Gasteiger partial charge on any atom is -0.394 e. The van der Waals surface area contributed by atoms with Crippen molar-refractivity contribution >= 4 is 22.9 Å². The molecule has 1 aromatic heterocycles. The summed E-state index contributed by atoms with van der Waals surface area (Å²) in [6.45, 7) is 3.71. The molecule has 0 unspecified atom stereocenters. The summed E-state index contributed by atoms with van der Waals surface area (Å²) in [4.78, 5) is 17.7. The summed E-state index contributed by atoms with van der Waals surface area (Å²) in [7, 11) is 0. The molecule has 182 valence electrons. The largest absolute Gasteiger partial charge is 0.394 e. The van der Waals surface area contributed by atoms with Crippen LogP contribution in [-0.4, -0.2) is 44.4 Å². The van der Waals surface area contributed by atoms with Crippen LogP contribution in [0.15, 0.2) is 42.5 Å². The quantitative estimate of drug-likeness (QED) is 0.372. The van der Waals surface area contributed by atoms with Crippen molar-refractivity contribution in [2.24, 2.45) is 0 Å². The number of aromatic nitrogens is 2. The van der Waals surface area contributed by atoms with Crippen molar-refractivity contribution in [2.45, 2.75) is 70.5 Å². The first-order valence-corrected chi connectivity index (χ1v) is 12.3. The predicted molar refractivity (Wildman–Crippen MR) is 135 cm³/mol. The summed E-state index contributed by atoms with van der Waals surface area (Å²) in [5, 5.41) is 25.4. The van der Waals surface area contributed by atoms with Gasteiger partial charge in [-0.25, -0.2) is 4.98 Å². The number of hydrogen-bond acceptors (Lipinski definition) is 5. The zero-order valence-corrected chi connectivity index (χ0v) is 20.2. The van der Waals surface area contributed by atoms with Gasteiger partial charge in [-0.05, 0) is 56.0 Å². The topological polar surface area (TPSA) is 99.4 Å². The molecule has 7 nitrogen and oxygen atoms in total. The molecule has 1 saturated carbocycles. The van der Waals surface area contributed by atoms with Gasteiger partial charge in [0.15, 0.2) is 0 Å². The lowest BCUT2D eigenvalue weighted by atomic mass is 10.0. The molecule has 0 radical (unpaired) electrons. The van der Waals surface area contributed by atoms with Crippen LogP contribution in [0.4, 0.5) is 5.95 Å². The molecule has 4 N–H and O–H groups in total. The van der Waals surface area contributed by atoms with Gasteiger partial charge in [-0.2, -0.15) is 0 Å². The molecule has 0 saturated heterocycles. The van der Waals surface area contributed by atoms with E-state index in [0.29, 0.717) is 18.2 Å². The standard InChI is InChI=1S/C27H36N4O3/c1-19-9-7-8-10-21(19)16-28-26-29-23-15-20(25(34)30-27(2,17-32)18-33)13-14-24(23)31(26)22-11-5-3-4-6-12-22/h7-10,13-15,22,32-33H,3-6,11-12,16-18H2,1-2H3,(H,28,29)(H,30,34). The van der Waals surface area contributed by atoms with Gasteiger partial charge in [-0.15, -0.1) is 0 Å². The zero-order valence-electron chi connectivity index (χ0n) is 20.2. The van der Waals surface area contributed by atoms with E-state index in [-0.39, 0.29) is 19.1 Å². The molecule has 0 spiro atoms. The molecule has 2 aromatic carbocycles. The highest BCUT2D eigenvalue weighted by Crippen LogP contribution is 2.34. The number of aryl methyl sites for hydroxylation is 1. The molecule has 1 heterocycles. The average Bonchev–Trinajstić information content (AvgIpc) is 3.00. The minimum atomic E-state index is -1.08. The number of nitrogens with one attached hydrogen (secondary N) is 2. The van der Waals surface area contributed by atoms with Gasteiger partial charge in [0.25, 0.3) is 5.91 Å². The fourth-order valence-corrected chi connectivity index (χ4v) is 4.71. The monoisotopic (exact) mass is 464 g/mol. The van der Waals surface area contributed by atoms with Crippen LogP contribution in [0.3, 0.4) is 0 Å². The first-order valence-electron chi connectivity index (χ1n) is 12.3. The van der Waals surface area contributed by atoms with Gasteiger partial charge in [0.2, 0.25) is 5.95 Å². The number of aliphatic hydroxyl groups is 2. The molecule has 1 fully saturated rings. The van der Waals surface area contributed by atoms with Crippen LogP contribution in [0.1, 0.15) is 73.0 Å². The number of rotatable bonds is 8. The second-order valence-corrected chi connectivity index (χ2v) is 9.77. The van der Waals surface area contributed by atoms with Gasteiger partial charge in [0, 0.05) is 18.2 Å². The smallest absolute Gasteiger partial charge is 0.251 e. The number of imidazole rings is 1. The van der Waals surface area contributed by atoms with Gasteiger partial charge in [-0.1, -0.05) is 49.9 Å². The van der Waals surface area contributed by atoms with Gasteiger partial charge >= 0.3 is 0 Å². The SMILES string of the molecule is Cc1ccccc1CNc1nc2cc(C(=O)NC(C)(CO)CO)ccc2n1C1CCCCCC1. The molecule has 7 heteroatoms. The molecule has 3 aromatic rings. The Kier molecular flexibility index (Phi) is 7.54. The lowest BCUT2D eigenvalue weighted by Gasteiger charge is -2.26. The van der Waals surface area contributed by atoms with Crippen LogP contribution < -0.4 is 10.6 Å². The Morgan fingerprint density at radius 2 is 1.79 bits per heavy atom. The normalized spacial score (nSPS) is 15.3. The van der Waals surface area contributed by atoms with E-state index in [1.807, 2.05) is 12.1 Å². The third-order valence-electron chi connectivity index (χ3n) is 6.95. The van der Waals surface area contributed by atoms with Crippen LogP contribution in [0.5, 0.6) is 0 Å². The van der Waals surface area contributed by atoms with E-state index in [1.54, 1.807) is 19.1 Å². The summed E-state index contributed by atoms with van der Waals surface area (Å²) in [6.07, 6.45) is 7.21. The second-order valence-electron chi connectivity index (χ2n) is 9.77. The number of carbonyl (C=O) groups is 1. The zero-order chi connectivity index (χ0) is 24.1. The van der Waals surface area contributed by atoms with Gasteiger partial charge in [-0.3, -0.25) is 4.79 Å². The molecule has 0 atom stereocenters. The summed E-state index contributed by atoms with van der Waals surface area (Å²) >= 11 is 0. The fourth-order valence-electron chi connectivity index (χ4n) is 4.71. The highest BCUT2D eigenvalue weighted by molar-refractivity contribution is 5.98. The van der Waals surface area contributed by atoms with Crippen LogP contribution in [0.2, 0.25) is 0 Å². The van der Waals surface area contributed by atoms with E-state index in [0.717, 1.165) is 29.8 Å². The Bertz CT molecular complexity index is 1130. The van der Waals surface area contributed by atoms with Crippen molar-refractivity contribution in [1.82, 2.24) is 14.9 Å². The van der Waals surface area contributed by atoms with Crippen LogP contribution >= 0.6 is 0 Å².